The van der Waals surface area contributed by atoms with Gasteiger partial charge in [0.25, 0.3) is 0 Å². The van der Waals surface area contributed by atoms with Gasteiger partial charge >= 0.3 is 0 Å². The van der Waals surface area contributed by atoms with Gasteiger partial charge in [-0.2, -0.15) is 0 Å². The highest BCUT2D eigenvalue weighted by molar-refractivity contribution is 5.94. The zero-order valence-electron chi connectivity index (χ0n) is 9.76. The molecule has 0 bridgehead atoms. The minimum Gasteiger partial charge on any atom is -0.383 e. The number of aromatic nitrogens is 3. The smallest absolute Gasteiger partial charge is 0.144 e. The quantitative estimate of drug-likeness (QED) is 0.712. The molecule has 0 fully saturated rings. The predicted molar refractivity (Wildman–Crippen MR) is 68.3 cm³/mol. The van der Waals surface area contributed by atoms with Gasteiger partial charge in [-0.15, -0.1) is 0 Å². The lowest BCUT2D eigenvalue weighted by atomic mass is 10.1. The summed E-state index contributed by atoms with van der Waals surface area (Å²) in [6, 6.07) is 5.30. The van der Waals surface area contributed by atoms with Crippen LogP contribution in [0, 0.1) is 5.82 Å². The van der Waals surface area contributed by atoms with E-state index in [1.165, 1.54) is 0 Å². The Hall–Kier alpha value is -2.43. The van der Waals surface area contributed by atoms with Crippen molar-refractivity contribution in [1.29, 1.82) is 0 Å². The summed E-state index contributed by atoms with van der Waals surface area (Å²) in [6.45, 7) is 0. The van der Waals surface area contributed by atoms with Crippen molar-refractivity contribution in [1.82, 2.24) is 14.5 Å². The largest absolute Gasteiger partial charge is 0.383 e. The molecule has 2 aromatic heterocycles. The summed E-state index contributed by atoms with van der Waals surface area (Å²) >= 11 is 0. The number of hydrogen-bond donors (Lipinski definition) is 1. The van der Waals surface area contributed by atoms with Gasteiger partial charge in [0.1, 0.15) is 11.6 Å². The highest BCUT2D eigenvalue weighted by Crippen LogP contribution is 2.30. The summed E-state index contributed by atoms with van der Waals surface area (Å²) in [7, 11) is 1.82. The first-order valence-electron chi connectivity index (χ1n) is 5.48. The van der Waals surface area contributed by atoms with Crippen LogP contribution < -0.4 is 5.73 Å². The normalized spacial score (nSPS) is 11.0. The van der Waals surface area contributed by atoms with E-state index >= 15 is 0 Å². The van der Waals surface area contributed by atoms with Gasteiger partial charge in [0.15, 0.2) is 0 Å². The fourth-order valence-electron chi connectivity index (χ4n) is 2.07. The Morgan fingerprint density at radius 2 is 2.11 bits per heavy atom. The van der Waals surface area contributed by atoms with Gasteiger partial charge in [-0.3, -0.25) is 0 Å². The molecule has 0 amide bonds. The molecule has 0 aliphatic rings. The van der Waals surface area contributed by atoms with E-state index in [0.717, 1.165) is 5.39 Å². The van der Waals surface area contributed by atoms with Gasteiger partial charge in [-0.25, -0.2) is 14.4 Å². The molecule has 0 radical (unpaired) electrons. The van der Waals surface area contributed by atoms with Crippen LogP contribution in [0.2, 0.25) is 0 Å². The second-order valence-corrected chi connectivity index (χ2v) is 4.11. The molecular formula is C13H11FN4. The van der Waals surface area contributed by atoms with Gasteiger partial charge in [0.2, 0.25) is 0 Å². The van der Waals surface area contributed by atoms with Crippen molar-refractivity contribution in [2.45, 2.75) is 0 Å². The van der Waals surface area contributed by atoms with Gasteiger partial charge in [-0.1, -0.05) is 6.07 Å². The molecule has 4 nitrogen and oxygen atoms in total. The van der Waals surface area contributed by atoms with E-state index in [9.17, 15) is 4.39 Å². The molecule has 2 N–H and O–H groups in total. The molecule has 0 spiro atoms. The molecule has 3 rings (SSSR count). The van der Waals surface area contributed by atoms with Crippen molar-refractivity contribution in [3.63, 3.8) is 0 Å². The standard InChI is InChI=1S/C13H11FN4/c1-18-7-16-6-10(18)9-3-2-8-4-5-17-13(15)11(8)12(9)14/h2-7H,1H3,(H2,15,17). The number of benzene rings is 1. The fraction of sp³-hybridized carbons (Fsp3) is 0.0769. The number of anilines is 1. The van der Waals surface area contributed by atoms with Gasteiger partial charge in [0.05, 0.1) is 23.6 Å². The molecule has 0 aliphatic heterocycles. The Kier molecular flexibility index (Phi) is 2.26. The van der Waals surface area contributed by atoms with Crippen LogP contribution in [0.5, 0.6) is 0 Å². The number of fused-ring (bicyclic) bond motifs is 1. The predicted octanol–water partition coefficient (Wildman–Crippen LogP) is 2.36. The van der Waals surface area contributed by atoms with Crippen molar-refractivity contribution in [2.24, 2.45) is 7.05 Å². The first-order chi connectivity index (χ1) is 8.68. The van der Waals surface area contributed by atoms with Crippen LogP contribution in [0.1, 0.15) is 0 Å². The number of hydrogen-bond acceptors (Lipinski definition) is 3. The third-order valence-electron chi connectivity index (χ3n) is 2.99. The molecule has 3 aromatic rings. The number of nitrogen functional groups attached to an aromatic ring is 1. The summed E-state index contributed by atoms with van der Waals surface area (Å²) in [5, 5.41) is 1.10. The van der Waals surface area contributed by atoms with Crippen LogP contribution in [0.25, 0.3) is 22.0 Å². The van der Waals surface area contributed by atoms with Crippen LogP contribution in [-0.2, 0) is 7.05 Å². The van der Waals surface area contributed by atoms with E-state index in [-0.39, 0.29) is 11.6 Å². The topological polar surface area (TPSA) is 56.7 Å². The van der Waals surface area contributed by atoms with Gasteiger partial charge < -0.3 is 10.3 Å². The summed E-state index contributed by atoms with van der Waals surface area (Å²) in [5.41, 5.74) is 6.92. The maximum atomic E-state index is 14.5. The Morgan fingerprint density at radius 3 is 2.83 bits per heavy atom. The molecule has 0 saturated carbocycles. The van der Waals surface area contributed by atoms with Crippen LogP contribution in [0.15, 0.2) is 36.9 Å². The molecule has 0 aliphatic carbocycles. The Morgan fingerprint density at radius 1 is 1.28 bits per heavy atom. The van der Waals surface area contributed by atoms with Crippen molar-refractivity contribution < 1.29 is 4.39 Å². The van der Waals surface area contributed by atoms with E-state index in [4.69, 9.17) is 5.73 Å². The third kappa shape index (κ3) is 1.44. The lowest BCUT2D eigenvalue weighted by Gasteiger charge is -2.08. The van der Waals surface area contributed by atoms with E-state index < -0.39 is 0 Å². The molecule has 18 heavy (non-hydrogen) atoms. The third-order valence-corrected chi connectivity index (χ3v) is 2.99. The molecule has 1 aromatic carbocycles. The Labute approximate surface area is 103 Å². The SMILES string of the molecule is Cn1cncc1-c1ccc2ccnc(N)c2c1F. The lowest BCUT2D eigenvalue weighted by Crippen LogP contribution is -1.97. The number of imidazole rings is 1. The van der Waals surface area contributed by atoms with Crippen molar-refractivity contribution in [3.05, 3.63) is 42.7 Å². The molecule has 0 unspecified atom stereocenters. The summed E-state index contributed by atoms with van der Waals surface area (Å²) in [5.74, 6) is -0.157. The molecule has 0 saturated heterocycles. The van der Waals surface area contributed by atoms with E-state index in [1.807, 2.05) is 13.1 Å². The molecular weight excluding hydrogens is 231 g/mol. The van der Waals surface area contributed by atoms with Crippen molar-refractivity contribution >= 4 is 16.6 Å². The number of aryl methyl sites for hydroxylation is 1. The maximum absolute atomic E-state index is 14.5. The lowest BCUT2D eigenvalue weighted by molar-refractivity contribution is 0.641. The Balaban J connectivity index is 2.37. The minimum absolute atomic E-state index is 0.203. The maximum Gasteiger partial charge on any atom is 0.144 e. The van der Waals surface area contributed by atoms with Crippen molar-refractivity contribution in [3.8, 4) is 11.3 Å². The number of nitrogens with zero attached hydrogens (tertiary/aromatic N) is 3. The van der Waals surface area contributed by atoms with Crippen LogP contribution in [0.3, 0.4) is 0 Å². The number of rotatable bonds is 1. The van der Waals surface area contributed by atoms with Gasteiger partial charge in [0, 0.05) is 18.8 Å². The molecule has 5 heteroatoms. The highest BCUT2D eigenvalue weighted by atomic mass is 19.1. The monoisotopic (exact) mass is 242 g/mol. The summed E-state index contributed by atoms with van der Waals surface area (Å²) in [6.07, 6.45) is 4.82. The number of halogens is 1. The fourth-order valence-corrected chi connectivity index (χ4v) is 2.07. The van der Waals surface area contributed by atoms with Crippen LogP contribution in [0.4, 0.5) is 10.2 Å². The van der Waals surface area contributed by atoms with Crippen LogP contribution >= 0.6 is 0 Å². The van der Waals surface area contributed by atoms with E-state index in [0.29, 0.717) is 16.6 Å². The highest BCUT2D eigenvalue weighted by Gasteiger charge is 2.14. The number of pyridine rings is 1. The second-order valence-electron chi connectivity index (χ2n) is 4.11. The van der Waals surface area contributed by atoms with E-state index in [1.54, 1.807) is 35.4 Å². The first-order valence-corrected chi connectivity index (χ1v) is 5.48. The minimum atomic E-state index is -0.360. The zero-order chi connectivity index (χ0) is 12.7. The van der Waals surface area contributed by atoms with Crippen LogP contribution in [-0.4, -0.2) is 14.5 Å². The average Bonchev–Trinajstić information content (AvgIpc) is 2.76. The first kappa shape index (κ1) is 10.7. The van der Waals surface area contributed by atoms with Crippen molar-refractivity contribution in [2.75, 3.05) is 5.73 Å². The summed E-state index contributed by atoms with van der Waals surface area (Å²) < 4.78 is 16.3. The zero-order valence-corrected chi connectivity index (χ0v) is 9.76. The van der Waals surface area contributed by atoms with Gasteiger partial charge in [-0.05, 0) is 17.5 Å². The van der Waals surface area contributed by atoms with E-state index in [2.05, 4.69) is 9.97 Å². The summed E-state index contributed by atoms with van der Waals surface area (Å²) in [4.78, 5) is 7.92. The molecule has 2 heterocycles. The average molecular weight is 242 g/mol. The molecule has 90 valence electrons. The second kappa shape index (κ2) is 3.80. The Bertz CT molecular complexity index is 733. The molecule has 0 atom stereocenters. The number of nitrogens with two attached hydrogens (primary N) is 1.